The number of hydrogen-bond donors (Lipinski definition) is 0. The van der Waals surface area contributed by atoms with Crippen molar-refractivity contribution in [1.82, 2.24) is 0 Å². The van der Waals surface area contributed by atoms with E-state index in [2.05, 4.69) is 6.07 Å². The molecule has 0 N–H and O–H groups in total. The quantitative estimate of drug-likeness (QED) is 0.573. The van der Waals surface area contributed by atoms with Gasteiger partial charge >= 0.3 is 0 Å². The maximum atomic E-state index is 8.80. The molecule has 0 radical (unpaired) electrons. The van der Waals surface area contributed by atoms with Gasteiger partial charge in [0.1, 0.15) is 0 Å². The first-order valence-corrected chi connectivity index (χ1v) is 5.01. The fourth-order valence-corrected chi connectivity index (χ4v) is 2.21. The highest BCUT2D eigenvalue weighted by Crippen LogP contribution is 2.39. The van der Waals surface area contributed by atoms with Crippen molar-refractivity contribution in [3.05, 3.63) is 0 Å². The summed E-state index contributed by atoms with van der Waals surface area (Å²) in [5, 5.41) is 8.80. The number of rotatable bonds is 0. The lowest BCUT2D eigenvalue weighted by Crippen LogP contribution is -2.33. The van der Waals surface area contributed by atoms with Gasteiger partial charge < -0.3 is 9.47 Å². The standard InChI is InChI=1S/C10H15NO2/c1-8-9(7-11)13-10(12-8)5-3-2-4-6-10/h8-9H,2-6H2,1H3. The van der Waals surface area contributed by atoms with E-state index in [-0.39, 0.29) is 12.2 Å². The smallest absolute Gasteiger partial charge is 0.173 e. The number of ether oxygens (including phenoxy) is 2. The Balaban J connectivity index is 2.06. The summed E-state index contributed by atoms with van der Waals surface area (Å²) < 4.78 is 11.4. The molecule has 2 aliphatic rings. The fraction of sp³-hybridized carbons (Fsp3) is 0.900. The van der Waals surface area contributed by atoms with Gasteiger partial charge in [0.2, 0.25) is 0 Å². The van der Waals surface area contributed by atoms with Crippen LogP contribution in [0.25, 0.3) is 0 Å². The molecular weight excluding hydrogens is 166 g/mol. The van der Waals surface area contributed by atoms with E-state index in [9.17, 15) is 0 Å². The molecular formula is C10H15NO2. The first-order chi connectivity index (χ1) is 6.26. The minimum atomic E-state index is -0.405. The Labute approximate surface area is 78.6 Å². The lowest BCUT2D eigenvalue weighted by Gasteiger charge is -2.31. The summed E-state index contributed by atoms with van der Waals surface area (Å²) in [5.74, 6) is -0.405. The summed E-state index contributed by atoms with van der Waals surface area (Å²) in [5.41, 5.74) is 0. The highest BCUT2D eigenvalue weighted by molar-refractivity contribution is 4.97. The minimum absolute atomic E-state index is 0.0666. The van der Waals surface area contributed by atoms with Crippen molar-refractivity contribution >= 4 is 0 Å². The maximum absolute atomic E-state index is 8.80. The van der Waals surface area contributed by atoms with Crippen molar-refractivity contribution in [2.45, 2.75) is 57.0 Å². The number of hydrogen-bond acceptors (Lipinski definition) is 3. The molecule has 2 unspecified atom stereocenters. The second kappa shape index (κ2) is 3.28. The zero-order valence-electron chi connectivity index (χ0n) is 7.95. The van der Waals surface area contributed by atoms with E-state index >= 15 is 0 Å². The molecule has 1 saturated heterocycles. The highest BCUT2D eigenvalue weighted by Gasteiger charge is 2.46. The van der Waals surface area contributed by atoms with Crippen molar-refractivity contribution in [3.8, 4) is 6.07 Å². The van der Waals surface area contributed by atoms with Crippen LogP contribution in [0.4, 0.5) is 0 Å². The molecule has 1 aliphatic heterocycles. The number of nitrogens with zero attached hydrogens (tertiary/aromatic N) is 1. The van der Waals surface area contributed by atoms with Crippen LogP contribution in [0.5, 0.6) is 0 Å². The third kappa shape index (κ3) is 1.56. The predicted octanol–water partition coefficient (Wildman–Crippen LogP) is 1.97. The molecule has 1 heterocycles. The van der Waals surface area contributed by atoms with Gasteiger partial charge in [-0.3, -0.25) is 0 Å². The van der Waals surface area contributed by atoms with Crippen molar-refractivity contribution in [3.63, 3.8) is 0 Å². The summed E-state index contributed by atoms with van der Waals surface area (Å²) in [4.78, 5) is 0. The topological polar surface area (TPSA) is 42.2 Å². The molecule has 2 fully saturated rings. The van der Waals surface area contributed by atoms with Crippen LogP contribution in [-0.4, -0.2) is 18.0 Å². The second-order valence-electron chi connectivity index (χ2n) is 3.96. The van der Waals surface area contributed by atoms with Gasteiger partial charge in [-0.15, -0.1) is 0 Å². The second-order valence-corrected chi connectivity index (χ2v) is 3.96. The van der Waals surface area contributed by atoms with Crippen molar-refractivity contribution in [2.24, 2.45) is 0 Å². The van der Waals surface area contributed by atoms with Gasteiger partial charge in [0.05, 0.1) is 12.2 Å². The molecule has 0 amide bonds. The summed E-state index contributed by atoms with van der Waals surface area (Å²) >= 11 is 0. The first kappa shape index (κ1) is 8.98. The van der Waals surface area contributed by atoms with Gasteiger partial charge in [0, 0.05) is 12.8 Å². The normalized spacial score (nSPS) is 37.5. The summed E-state index contributed by atoms with van der Waals surface area (Å²) in [6, 6.07) is 2.14. The molecule has 0 aromatic heterocycles. The van der Waals surface area contributed by atoms with Crippen LogP contribution < -0.4 is 0 Å². The van der Waals surface area contributed by atoms with Crippen molar-refractivity contribution in [2.75, 3.05) is 0 Å². The zero-order chi connectivity index (χ0) is 9.31. The summed E-state index contributed by atoms with van der Waals surface area (Å²) in [6.07, 6.45) is 5.06. The van der Waals surface area contributed by atoms with E-state index in [1.54, 1.807) is 0 Å². The Kier molecular flexibility index (Phi) is 2.27. The largest absolute Gasteiger partial charge is 0.343 e. The van der Waals surface area contributed by atoms with Crippen LogP contribution in [0.1, 0.15) is 39.0 Å². The molecule has 0 aromatic rings. The minimum Gasteiger partial charge on any atom is -0.343 e. The Bertz CT molecular complexity index is 228. The Morgan fingerprint density at radius 1 is 1.23 bits per heavy atom. The Hall–Kier alpha value is -0.590. The van der Waals surface area contributed by atoms with E-state index in [1.165, 1.54) is 6.42 Å². The monoisotopic (exact) mass is 181 g/mol. The van der Waals surface area contributed by atoms with Gasteiger partial charge in [-0.05, 0) is 19.8 Å². The summed E-state index contributed by atoms with van der Waals surface area (Å²) in [7, 11) is 0. The van der Waals surface area contributed by atoms with Crippen molar-refractivity contribution < 1.29 is 9.47 Å². The molecule has 72 valence electrons. The molecule has 1 saturated carbocycles. The lowest BCUT2D eigenvalue weighted by atomic mass is 9.94. The zero-order valence-corrected chi connectivity index (χ0v) is 7.95. The molecule has 3 nitrogen and oxygen atoms in total. The molecule has 3 heteroatoms. The maximum Gasteiger partial charge on any atom is 0.173 e. The van der Waals surface area contributed by atoms with Crippen LogP contribution in [0, 0.1) is 11.3 Å². The van der Waals surface area contributed by atoms with Gasteiger partial charge in [0.15, 0.2) is 11.9 Å². The molecule has 1 spiro atoms. The molecule has 2 atom stereocenters. The Morgan fingerprint density at radius 3 is 2.46 bits per heavy atom. The van der Waals surface area contributed by atoms with Gasteiger partial charge in [-0.1, -0.05) is 6.42 Å². The van der Waals surface area contributed by atoms with Crippen molar-refractivity contribution in [1.29, 1.82) is 5.26 Å². The van der Waals surface area contributed by atoms with Gasteiger partial charge in [0.25, 0.3) is 0 Å². The molecule has 2 rings (SSSR count). The van der Waals surface area contributed by atoms with E-state index in [0.29, 0.717) is 0 Å². The molecule has 13 heavy (non-hydrogen) atoms. The average molecular weight is 181 g/mol. The summed E-state index contributed by atoms with van der Waals surface area (Å²) in [6.45, 7) is 1.91. The van der Waals surface area contributed by atoms with E-state index < -0.39 is 5.79 Å². The van der Waals surface area contributed by atoms with Gasteiger partial charge in [-0.25, -0.2) is 0 Å². The molecule has 0 aromatic carbocycles. The van der Waals surface area contributed by atoms with Crippen LogP contribution >= 0.6 is 0 Å². The SMILES string of the molecule is CC1OC2(CCCCC2)OC1C#N. The first-order valence-electron chi connectivity index (χ1n) is 5.01. The average Bonchev–Trinajstić information content (AvgIpc) is 2.44. The van der Waals surface area contributed by atoms with E-state index in [0.717, 1.165) is 25.7 Å². The van der Waals surface area contributed by atoms with E-state index in [1.807, 2.05) is 6.92 Å². The highest BCUT2D eigenvalue weighted by atomic mass is 16.8. The number of nitriles is 1. The lowest BCUT2D eigenvalue weighted by molar-refractivity contribution is -0.189. The third-order valence-corrected chi connectivity index (χ3v) is 2.91. The van der Waals surface area contributed by atoms with Crippen LogP contribution in [0.2, 0.25) is 0 Å². The van der Waals surface area contributed by atoms with Crippen LogP contribution in [-0.2, 0) is 9.47 Å². The molecule has 0 bridgehead atoms. The van der Waals surface area contributed by atoms with Crippen LogP contribution in [0.15, 0.2) is 0 Å². The molecule has 1 aliphatic carbocycles. The van der Waals surface area contributed by atoms with E-state index in [4.69, 9.17) is 14.7 Å². The van der Waals surface area contributed by atoms with Crippen LogP contribution in [0.3, 0.4) is 0 Å². The third-order valence-electron chi connectivity index (χ3n) is 2.91. The van der Waals surface area contributed by atoms with Gasteiger partial charge in [-0.2, -0.15) is 5.26 Å². The Morgan fingerprint density at radius 2 is 1.92 bits per heavy atom. The fourth-order valence-electron chi connectivity index (χ4n) is 2.21. The predicted molar refractivity (Wildman–Crippen MR) is 46.8 cm³/mol.